The fraction of sp³-hybridized carbons (Fsp3) is 0.500. The van der Waals surface area contributed by atoms with Crippen LogP contribution >= 0.6 is 11.3 Å². The fourth-order valence-corrected chi connectivity index (χ4v) is 5.94. The van der Waals surface area contributed by atoms with Crippen LogP contribution in [0.2, 0.25) is 0 Å². The van der Waals surface area contributed by atoms with Gasteiger partial charge < -0.3 is 4.90 Å². The Hall–Kier alpha value is -1.44. The molecule has 1 N–H and O–H groups in total. The molecule has 3 rings (SSSR count). The minimum Gasteiger partial charge on any atom is -0.344 e. The SMILES string of the molecule is Cc1cc(C)c(C)c(S(=O)(=O)NCC2CCCN2c2nccs2)c1C. The van der Waals surface area contributed by atoms with E-state index in [1.165, 1.54) is 0 Å². The minimum absolute atomic E-state index is 0.160. The van der Waals surface area contributed by atoms with Crippen LogP contribution in [0.1, 0.15) is 35.1 Å². The number of thiazole rings is 1. The predicted molar refractivity (Wildman–Crippen MR) is 103 cm³/mol. The molecule has 5 nitrogen and oxygen atoms in total. The lowest BCUT2D eigenvalue weighted by molar-refractivity contribution is 0.565. The number of hydrogen-bond donors (Lipinski definition) is 1. The summed E-state index contributed by atoms with van der Waals surface area (Å²) in [6.45, 7) is 9.03. The largest absolute Gasteiger partial charge is 0.344 e. The first-order valence-corrected chi connectivity index (χ1v) is 10.9. The Labute approximate surface area is 154 Å². The summed E-state index contributed by atoms with van der Waals surface area (Å²) < 4.78 is 28.8. The van der Waals surface area contributed by atoms with E-state index in [-0.39, 0.29) is 6.04 Å². The smallest absolute Gasteiger partial charge is 0.241 e. The zero-order valence-electron chi connectivity index (χ0n) is 15.2. The van der Waals surface area contributed by atoms with E-state index in [1.54, 1.807) is 17.5 Å². The first-order valence-electron chi connectivity index (χ1n) is 8.54. The number of hydrogen-bond acceptors (Lipinski definition) is 5. The average Bonchev–Trinajstić information content (AvgIpc) is 3.22. The number of benzene rings is 1. The lowest BCUT2D eigenvalue weighted by atomic mass is 10.0. The molecule has 2 aromatic rings. The van der Waals surface area contributed by atoms with Crippen LogP contribution in [0.3, 0.4) is 0 Å². The van der Waals surface area contributed by atoms with Crippen LogP contribution in [0.4, 0.5) is 5.13 Å². The summed E-state index contributed by atoms with van der Waals surface area (Å²) in [5.41, 5.74) is 3.68. The topological polar surface area (TPSA) is 62.3 Å². The van der Waals surface area contributed by atoms with Crippen LogP contribution in [0.25, 0.3) is 0 Å². The van der Waals surface area contributed by atoms with E-state index < -0.39 is 10.0 Å². The van der Waals surface area contributed by atoms with Crippen molar-refractivity contribution in [3.63, 3.8) is 0 Å². The molecule has 1 saturated heterocycles. The van der Waals surface area contributed by atoms with Gasteiger partial charge in [0.15, 0.2) is 5.13 Å². The highest BCUT2D eigenvalue weighted by Crippen LogP contribution is 2.28. The van der Waals surface area contributed by atoms with Crippen molar-refractivity contribution in [1.82, 2.24) is 9.71 Å². The zero-order valence-corrected chi connectivity index (χ0v) is 16.8. The second-order valence-corrected chi connectivity index (χ2v) is 9.32. The van der Waals surface area contributed by atoms with E-state index in [0.29, 0.717) is 11.4 Å². The lowest BCUT2D eigenvalue weighted by Gasteiger charge is -2.25. The van der Waals surface area contributed by atoms with Crippen molar-refractivity contribution in [1.29, 1.82) is 0 Å². The monoisotopic (exact) mass is 379 g/mol. The Morgan fingerprint density at radius 3 is 2.52 bits per heavy atom. The van der Waals surface area contributed by atoms with Crippen molar-refractivity contribution in [3.8, 4) is 0 Å². The molecule has 1 aliphatic rings. The van der Waals surface area contributed by atoms with Crippen LogP contribution < -0.4 is 9.62 Å². The second-order valence-electron chi connectivity index (χ2n) is 6.75. The normalized spacial score (nSPS) is 18.1. The average molecular weight is 380 g/mol. The third-order valence-corrected chi connectivity index (χ3v) is 7.62. The quantitative estimate of drug-likeness (QED) is 0.866. The maximum absolute atomic E-state index is 13.0. The first kappa shape index (κ1) is 18.4. The second kappa shape index (κ2) is 7.05. The minimum atomic E-state index is -3.54. The number of anilines is 1. The van der Waals surface area contributed by atoms with Crippen molar-refractivity contribution in [2.75, 3.05) is 18.0 Å². The summed E-state index contributed by atoms with van der Waals surface area (Å²) >= 11 is 1.60. The number of sulfonamides is 1. The van der Waals surface area contributed by atoms with Gasteiger partial charge in [-0.1, -0.05) is 6.07 Å². The molecule has 1 fully saturated rings. The molecule has 1 atom stereocenters. The summed E-state index contributed by atoms with van der Waals surface area (Å²) in [6.07, 6.45) is 3.84. The number of aryl methyl sites for hydroxylation is 2. The number of aromatic nitrogens is 1. The molecular weight excluding hydrogens is 354 g/mol. The predicted octanol–water partition coefficient (Wildman–Crippen LogP) is 3.32. The van der Waals surface area contributed by atoms with Gasteiger partial charge in [-0.05, 0) is 62.8 Å². The van der Waals surface area contributed by atoms with Gasteiger partial charge in [-0.25, -0.2) is 18.1 Å². The van der Waals surface area contributed by atoms with Gasteiger partial charge in [0, 0.05) is 30.7 Å². The van der Waals surface area contributed by atoms with Crippen LogP contribution in [0.5, 0.6) is 0 Å². The maximum atomic E-state index is 13.0. The van der Waals surface area contributed by atoms with Crippen LogP contribution in [-0.2, 0) is 10.0 Å². The number of nitrogens with one attached hydrogen (secondary N) is 1. The summed E-state index contributed by atoms with van der Waals surface area (Å²) in [5, 5.41) is 2.93. The number of nitrogens with zero attached hydrogens (tertiary/aromatic N) is 2. The van der Waals surface area contributed by atoms with Crippen molar-refractivity contribution >= 4 is 26.5 Å². The van der Waals surface area contributed by atoms with Crippen LogP contribution in [0.15, 0.2) is 22.5 Å². The summed E-state index contributed by atoms with van der Waals surface area (Å²) in [5.74, 6) is 0. The Bertz CT molecular complexity index is 835. The van der Waals surface area contributed by atoms with Gasteiger partial charge in [0.25, 0.3) is 0 Å². The van der Waals surface area contributed by atoms with E-state index in [1.807, 2.05) is 39.1 Å². The standard InChI is InChI=1S/C18H25N3O2S2/c1-12-10-13(2)15(4)17(14(12)3)25(22,23)20-11-16-6-5-8-21(16)18-19-7-9-24-18/h7,9-10,16,20H,5-6,8,11H2,1-4H3. The molecule has 1 unspecified atom stereocenters. The maximum Gasteiger partial charge on any atom is 0.241 e. The highest BCUT2D eigenvalue weighted by Gasteiger charge is 2.29. The molecule has 0 bridgehead atoms. The highest BCUT2D eigenvalue weighted by atomic mass is 32.2. The molecule has 0 saturated carbocycles. The Balaban J connectivity index is 1.81. The van der Waals surface area contributed by atoms with Gasteiger partial charge >= 0.3 is 0 Å². The zero-order chi connectivity index (χ0) is 18.2. The molecule has 2 heterocycles. The summed E-state index contributed by atoms with van der Waals surface area (Å²) in [6, 6.07) is 2.21. The van der Waals surface area contributed by atoms with E-state index in [2.05, 4.69) is 14.6 Å². The third kappa shape index (κ3) is 3.59. The van der Waals surface area contributed by atoms with Crippen molar-refractivity contribution < 1.29 is 8.42 Å². The molecule has 0 amide bonds. The van der Waals surface area contributed by atoms with Crippen molar-refractivity contribution in [2.24, 2.45) is 0 Å². The van der Waals surface area contributed by atoms with Crippen LogP contribution in [0, 0.1) is 27.7 Å². The van der Waals surface area contributed by atoms with Gasteiger partial charge in [-0.3, -0.25) is 0 Å². The van der Waals surface area contributed by atoms with Gasteiger partial charge in [-0.15, -0.1) is 11.3 Å². The van der Waals surface area contributed by atoms with Crippen molar-refractivity contribution in [2.45, 2.75) is 51.5 Å². The summed E-state index contributed by atoms with van der Waals surface area (Å²) in [4.78, 5) is 7.02. The first-order chi connectivity index (χ1) is 11.8. The third-order valence-electron chi connectivity index (χ3n) is 5.12. The van der Waals surface area contributed by atoms with E-state index in [9.17, 15) is 8.42 Å². The molecule has 7 heteroatoms. The molecule has 1 aromatic carbocycles. The molecule has 1 aliphatic heterocycles. The van der Waals surface area contributed by atoms with E-state index >= 15 is 0 Å². The van der Waals surface area contributed by atoms with Crippen LogP contribution in [-0.4, -0.2) is 32.5 Å². The Kier molecular flexibility index (Phi) is 5.18. The number of rotatable bonds is 5. The highest BCUT2D eigenvalue weighted by molar-refractivity contribution is 7.89. The van der Waals surface area contributed by atoms with Gasteiger partial charge in [-0.2, -0.15) is 0 Å². The molecule has 0 aliphatic carbocycles. The molecule has 136 valence electrons. The fourth-order valence-electron chi connectivity index (χ4n) is 3.52. The van der Waals surface area contributed by atoms with Crippen molar-refractivity contribution in [3.05, 3.63) is 39.9 Å². The lowest BCUT2D eigenvalue weighted by Crippen LogP contribution is -2.40. The molecular formula is C18H25N3O2S2. The molecule has 25 heavy (non-hydrogen) atoms. The molecule has 0 spiro atoms. The van der Waals surface area contributed by atoms with E-state index in [0.717, 1.165) is 46.8 Å². The Morgan fingerprint density at radius 2 is 1.92 bits per heavy atom. The van der Waals surface area contributed by atoms with E-state index in [4.69, 9.17) is 0 Å². The Morgan fingerprint density at radius 1 is 1.24 bits per heavy atom. The van der Waals surface area contributed by atoms with Gasteiger partial charge in [0.05, 0.1) is 4.90 Å². The van der Waals surface area contributed by atoms with Gasteiger partial charge in [0.1, 0.15) is 0 Å². The molecule has 1 aromatic heterocycles. The molecule has 0 radical (unpaired) electrons. The van der Waals surface area contributed by atoms with Gasteiger partial charge in [0.2, 0.25) is 10.0 Å². The summed E-state index contributed by atoms with van der Waals surface area (Å²) in [7, 11) is -3.54.